The van der Waals surface area contributed by atoms with E-state index in [2.05, 4.69) is 0 Å². The first-order valence-corrected chi connectivity index (χ1v) is 7.73. The van der Waals surface area contributed by atoms with Gasteiger partial charge in [0.1, 0.15) is 0 Å². The van der Waals surface area contributed by atoms with E-state index in [1.165, 1.54) is 0 Å². The zero-order valence-electron chi connectivity index (χ0n) is 11.9. The molecular weight excluding hydrogens is 307 g/mol. The van der Waals surface area contributed by atoms with Gasteiger partial charge in [-0.25, -0.2) is 0 Å². The fourth-order valence-corrected chi connectivity index (χ4v) is 2.78. The minimum absolute atomic E-state index is 0.176. The van der Waals surface area contributed by atoms with Crippen LogP contribution in [0.1, 0.15) is 17.9 Å². The average molecular weight is 325 g/mol. The number of rotatable bonds is 7. The minimum atomic E-state index is 0.176. The molecule has 2 aromatic rings. The molecule has 1 unspecified atom stereocenters. The van der Waals surface area contributed by atoms with Crippen LogP contribution in [0.3, 0.4) is 0 Å². The highest BCUT2D eigenvalue weighted by Crippen LogP contribution is 2.30. The molecule has 0 aliphatic carbocycles. The van der Waals surface area contributed by atoms with Gasteiger partial charge in [-0.3, -0.25) is 0 Å². The molecule has 0 heterocycles. The molecule has 0 aromatic heterocycles. The lowest BCUT2D eigenvalue weighted by Crippen LogP contribution is -2.08. The van der Waals surface area contributed by atoms with E-state index >= 15 is 0 Å². The number of para-hydroxylation sites is 2. The fraction of sp³-hybridized carbons (Fsp3) is 0.294. The standard InChI is InChI=1S/C17H18Cl2O2/c1-20-16-8-4-5-9-17(16)21-11-10-13(12-18)14-6-2-3-7-15(14)19/h2-9,13H,10-12H2,1H3. The van der Waals surface area contributed by atoms with Gasteiger partial charge in [0.25, 0.3) is 0 Å². The second kappa shape index (κ2) is 8.16. The van der Waals surface area contributed by atoms with Gasteiger partial charge in [-0.2, -0.15) is 0 Å². The Labute approximate surface area is 135 Å². The molecule has 4 heteroatoms. The van der Waals surface area contributed by atoms with E-state index in [-0.39, 0.29) is 5.92 Å². The highest BCUT2D eigenvalue weighted by atomic mass is 35.5. The molecule has 0 saturated heterocycles. The Balaban J connectivity index is 1.97. The van der Waals surface area contributed by atoms with Crippen molar-refractivity contribution < 1.29 is 9.47 Å². The number of benzene rings is 2. The molecule has 0 saturated carbocycles. The van der Waals surface area contributed by atoms with Crippen LogP contribution < -0.4 is 9.47 Å². The summed E-state index contributed by atoms with van der Waals surface area (Å²) in [5.74, 6) is 2.17. The van der Waals surface area contributed by atoms with Gasteiger partial charge in [0, 0.05) is 16.8 Å². The summed E-state index contributed by atoms with van der Waals surface area (Å²) in [5.41, 5.74) is 1.07. The lowest BCUT2D eigenvalue weighted by molar-refractivity contribution is 0.282. The number of ether oxygens (including phenoxy) is 2. The molecule has 0 aliphatic rings. The molecule has 0 aliphatic heterocycles. The van der Waals surface area contributed by atoms with E-state index in [4.69, 9.17) is 32.7 Å². The Bertz CT molecular complexity index is 572. The average Bonchev–Trinajstić information content (AvgIpc) is 2.53. The van der Waals surface area contributed by atoms with Gasteiger partial charge >= 0.3 is 0 Å². The van der Waals surface area contributed by atoms with Crippen LogP contribution in [0.4, 0.5) is 0 Å². The number of methoxy groups -OCH3 is 1. The van der Waals surface area contributed by atoms with Crippen LogP contribution in [-0.4, -0.2) is 19.6 Å². The summed E-state index contributed by atoms with van der Waals surface area (Å²) in [4.78, 5) is 0. The van der Waals surface area contributed by atoms with Crippen molar-refractivity contribution in [3.63, 3.8) is 0 Å². The predicted molar refractivity (Wildman–Crippen MR) is 88.0 cm³/mol. The third-order valence-corrected chi connectivity index (χ3v) is 4.04. The monoisotopic (exact) mass is 324 g/mol. The maximum Gasteiger partial charge on any atom is 0.161 e. The molecule has 2 aromatic carbocycles. The van der Waals surface area contributed by atoms with Gasteiger partial charge in [0.2, 0.25) is 0 Å². The maximum absolute atomic E-state index is 6.22. The normalized spacial score (nSPS) is 12.0. The van der Waals surface area contributed by atoms with Crippen molar-refractivity contribution >= 4 is 23.2 Å². The summed E-state index contributed by atoms with van der Waals surface area (Å²) in [6, 6.07) is 15.4. The second-order valence-electron chi connectivity index (χ2n) is 4.66. The Morgan fingerprint density at radius 3 is 2.33 bits per heavy atom. The van der Waals surface area contributed by atoms with Crippen LogP contribution in [-0.2, 0) is 0 Å². The zero-order chi connectivity index (χ0) is 15.1. The SMILES string of the molecule is COc1ccccc1OCCC(CCl)c1ccccc1Cl. The second-order valence-corrected chi connectivity index (χ2v) is 5.38. The number of alkyl halides is 1. The first-order valence-electron chi connectivity index (χ1n) is 6.82. The Morgan fingerprint density at radius 2 is 1.67 bits per heavy atom. The minimum Gasteiger partial charge on any atom is -0.493 e. The molecule has 0 amide bonds. The molecule has 0 bridgehead atoms. The third kappa shape index (κ3) is 4.29. The number of halogens is 2. The summed E-state index contributed by atoms with van der Waals surface area (Å²) in [6.07, 6.45) is 0.797. The Hall–Kier alpha value is -1.38. The summed E-state index contributed by atoms with van der Waals surface area (Å²) < 4.78 is 11.1. The topological polar surface area (TPSA) is 18.5 Å². The quantitative estimate of drug-likeness (QED) is 0.656. The van der Waals surface area contributed by atoms with Crippen LogP contribution in [0.2, 0.25) is 5.02 Å². The molecule has 0 spiro atoms. The first-order chi connectivity index (χ1) is 10.3. The van der Waals surface area contributed by atoms with Crippen molar-refractivity contribution in [1.82, 2.24) is 0 Å². The third-order valence-electron chi connectivity index (χ3n) is 3.32. The molecule has 21 heavy (non-hydrogen) atoms. The van der Waals surface area contributed by atoms with Crippen LogP contribution in [0, 0.1) is 0 Å². The highest BCUT2D eigenvalue weighted by molar-refractivity contribution is 6.31. The van der Waals surface area contributed by atoms with E-state index < -0.39 is 0 Å². The zero-order valence-corrected chi connectivity index (χ0v) is 13.4. The van der Waals surface area contributed by atoms with Crippen LogP contribution in [0.5, 0.6) is 11.5 Å². The van der Waals surface area contributed by atoms with Crippen LogP contribution in [0.15, 0.2) is 48.5 Å². The predicted octanol–water partition coefficient (Wildman–Crippen LogP) is 5.14. The van der Waals surface area contributed by atoms with E-state index in [1.807, 2.05) is 48.5 Å². The lowest BCUT2D eigenvalue weighted by Gasteiger charge is -2.17. The summed E-state index contributed by atoms with van der Waals surface area (Å²) >= 11 is 12.3. The van der Waals surface area contributed by atoms with E-state index in [9.17, 15) is 0 Å². The molecule has 2 nitrogen and oxygen atoms in total. The van der Waals surface area contributed by atoms with Crippen molar-refractivity contribution in [1.29, 1.82) is 0 Å². The molecular formula is C17H18Cl2O2. The first kappa shape index (κ1) is 16.0. The van der Waals surface area contributed by atoms with E-state index in [0.717, 1.165) is 28.5 Å². The number of hydrogen-bond donors (Lipinski definition) is 0. The molecule has 0 radical (unpaired) electrons. The van der Waals surface area contributed by atoms with Crippen molar-refractivity contribution in [2.45, 2.75) is 12.3 Å². The van der Waals surface area contributed by atoms with Gasteiger partial charge in [-0.15, -0.1) is 11.6 Å². The van der Waals surface area contributed by atoms with Gasteiger partial charge in [-0.1, -0.05) is 41.9 Å². The molecule has 0 N–H and O–H groups in total. The van der Waals surface area contributed by atoms with Gasteiger partial charge in [0.05, 0.1) is 13.7 Å². The fourth-order valence-electron chi connectivity index (χ4n) is 2.17. The number of hydrogen-bond acceptors (Lipinski definition) is 2. The van der Waals surface area contributed by atoms with E-state index in [1.54, 1.807) is 7.11 Å². The van der Waals surface area contributed by atoms with Crippen LogP contribution in [0.25, 0.3) is 0 Å². The molecule has 2 rings (SSSR count). The summed E-state index contributed by atoms with van der Waals surface area (Å²) in [6.45, 7) is 0.559. The smallest absolute Gasteiger partial charge is 0.161 e. The largest absolute Gasteiger partial charge is 0.493 e. The van der Waals surface area contributed by atoms with E-state index in [0.29, 0.717) is 12.5 Å². The van der Waals surface area contributed by atoms with Crippen molar-refractivity contribution in [3.8, 4) is 11.5 Å². The molecule has 112 valence electrons. The Morgan fingerprint density at radius 1 is 1.00 bits per heavy atom. The van der Waals surface area contributed by atoms with Crippen LogP contribution >= 0.6 is 23.2 Å². The lowest BCUT2D eigenvalue weighted by atomic mass is 9.98. The highest BCUT2D eigenvalue weighted by Gasteiger charge is 2.14. The van der Waals surface area contributed by atoms with Gasteiger partial charge in [-0.05, 0) is 30.2 Å². The summed E-state index contributed by atoms with van der Waals surface area (Å²) in [5, 5.41) is 0.750. The van der Waals surface area contributed by atoms with Gasteiger partial charge in [0.15, 0.2) is 11.5 Å². The molecule has 1 atom stereocenters. The van der Waals surface area contributed by atoms with Gasteiger partial charge < -0.3 is 9.47 Å². The van der Waals surface area contributed by atoms with Crippen molar-refractivity contribution in [2.24, 2.45) is 0 Å². The van der Waals surface area contributed by atoms with Crippen molar-refractivity contribution in [3.05, 3.63) is 59.1 Å². The van der Waals surface area contributed by atoms with Crippen molar-refractivity contribution in [2.75, 3.05) is 19.6 Å². The molecule has 0 fully saturated rings. The Kier molecular flexibility index (Phi) is 6.21. The summed E-state index contributed by atoms with van der Waals surface area (Å²) in [7, 11) is 1.63. The maximum atomic E-state index is 6.22.